The van der Waals surface area contributed by atoms with Crippen LogP contribution in [0.25, 0.3) is 0 Å². The van der Waals surface area contributed by atoms with Crippen molar-refractivity contribution in [2.75, 3.05) is 6.61 Å². The minimum absolute atomic E-state index is 0.0347. The van der Waals surface area contributed by atoms with E-state index in [4.69, 9.17) is 0 Å². The van der Waals surface area contributed by atoms with Crippen LogP contribution in [0.3, 0.4) is 0 Å². The van der Waals surface area contributed by atoms with Gasteiger partial charge in [0.25, 0.3) is 0 Å². The summed E-state index contributed by atoms with van der Waals surface area (Å²) in [6, 6.07) is 7.58. The van der Waals surface area contributed by atoms with Gasteiger partial charge in [0.15, 0.2) is 0 Å². The van der Waals surface area contributed by atoms with Crippen LogP contribution in [-0.4, -0.2) is 22.9 Å². The number of hydrogen-bond donors (Lipinski definition) is 3. The zero-order chi connectivity index (χ0) is 10.9. The van der Waals surface area contributed by atoms with Gasteiger partial charge in [-0.2, -0.15) is 0 Å². The monoisotopic (exact) mass is 207 g/mol. The van der Waals surface area contributed by atoms with E-state index >= 15 is 0 Å². The van der Waals surface area contributed by atoms with Gasteiger partial charge in [-0.25, -0.2) is 0 Å². The number of benzene rings is 1. The van der Waals surface area contributed by atoms with Gasteiger partial charge in [-0.1, -0.05) is 12.1 Å². The molecule has 1 fully saturated rings. The average molecular weight is 207 g/mol. The van der Waals surface area contributed by atoms with Crippen molar-refractivity contribution in [3.8, 4) is 5.75 Å². The normalized spacial score (nSPS) is 19.9. The highest BCUT2D eigenvalue weighted by atomic mass is 16.3. The van der Waals surface area contributed by atoms with E-state index in [1.807, 2.05) is 13.0 Å². The maximum absolute atomic E-state index is 9.46. The van der Waals surface area contributed by atoms with Crippen LogP contribution in [0.2, 0.25) is 0 Å². The number of phenolic OH excluding ortho intramolecular Hbond substituents is 1. The SMILES string of the molecule is CC(CO)(NC1CC1)c1cccc(O)c1. The molecule has 82 valence electrons. The fourth-order valence-corrected chi connectivity index (χ4v) is 1.75. The third-order valence-corrected chi connectivity index (χ3v) is 2.90. The Morgan fingerprint density at radius 1 is 1.47 bits per heavy atom. The Morgan fingerprint density at radius 2 is 2.20 bits per heavy atom. The lowest BCUT2D eigenvalue weighted by atomic mass is 9.92. The smallest absolute Gasteiger partial charge is 0.115 e. The number of rotatable bonds is 4. The summed E-state index contributed by atoms with van der Waals surface area (Å²) in [5, 5.41) is 22.3. The van der Waals surface area contributed by atoms with E-state index < -0.39 is 5.54 Å². The summed E-state index contributed by atoms with van der Waals surface area (Å²) in [6.45, 7) is 1.99. The second kappa shape index (κ2) is 3.83. The molecule has 0 aromatic heterocycles. The maximum atomic E-state index is 9.46. The lowest BCUT2D eigenvalue weighted by Gasteiger charge is -2.29. The number of nitrogens with one attached hydrogen (secondary N) is 1. The van der Waals surface area contributed by atoms with Crippen molar-refractivity contribution < 1.29 is 10.2 Å². The average Bonchev–Trinajstić information content (AvgIpc) is 3.01. The molecule has 1 atom stereocenters. The van der Waals surface area contributed by atoms with Crippen molar-refractivity contribution >= 4 is 0 Å². The number of hydrogen-bond acceptors (Lipinski definition) is 3. The molecule has 3 nitrogen and oxygen atoms in total. The van der Waals surface area contributed by atoms with Gasteiger partial charge < -0.3 is 15.5 Å². The highest BCUT2D eigenvalue weighted by Gasteiger charge is 2.33. The highest BCUT2D eigenvalue weighted by Crippen LogP contribution is 2.29. The Kier molecular flexibility index (Phi) is 2.67. The molecule has 3 heteroatoms. The molecule has 0 heterocycles. The molecule has 1 aliphatic rings. The number of aliphatic hydroxyl groups is 1. The van der Waals surface area contributed by atoms with Crippen LogP contribution < -0.4 is 5.32 Å². The van der Waals surface area contributed by atoms with Gasteiger partial charge in [-0.15, -0.1) is 0 Å². The van der Waals surface area contributed by atoms with Gasteiger partial charge in [-0.3, -0.25) is 0 Å². The fraction of sp³-hybridized carbons (Fsp3) is 0.500. The first kappa shape index (κ1) is 10.5. The molecule has 1 unspecified atom stereocenters. The molecule has 0 saturated heterocycles. The van der Waals surface area contributed by atoms with Gasteiger partial charge in [0.1, 0.15) is 5.75 Å². The second-order valence-corrected chi connectivity index (χ2v) is 4.46. The van der Waals surface area contributed by atoms with Crippen LogP contribution in [0.4, 0.5) is 0 Å². The summed E-state index contributed by atoms with van der Waals surface area (Å²) in [4.78, 5) is 0. The standard InChI is InChI=1S/C12H17NO2/c1-12(8-14,13-10-5-6-10)9-3-2-4-11(15)7-9/h2-4,7,10,13-15H,5-6,8H2,1H3. The lowest BCUT2D eigenvalue weighted by Crippen LogP contribution is -2.44. The van der Waals surface area contributed by atoms with Crippen LogP contribution in [-0.2, 0) is 5.54 Å². The molecule has 15 heavy (non-hydrogen) atoms. The predicted octanol–water partition coefficient (Wildman–Crippen LogP) is 1.35. The Balaban J connectivity index is 2.23. The maximum Gasteiger partial charge on any atom is 0.115 e. The summed E-state index contributed by atoms with van der Waals surface area (Å²) in [7, 11) is 0. The Hall–Kier alpha value is -1.06. The molecule has 0 amide bonds. The minimum atomic E-state index is -0.445. The summed E-state index contributed by atoms with van der Waals surface area (Å²) in [5.74, 6) is 0.241. The van der Waals surface area contributed by atoms with E-state index in [1.165, 1.54) is 12.8 Å². The van der Waals surface area contributed by atoms with Crippen molar-refractivity contribution in [1.29, 1.82) is 0 Å². The lowest BCUT2D eigenvalue weighted by molar-refractivity contribution is 0.173. The first-order valence-electron chi connectivity index (χ1n) is 5.32. The predicted molar refractivity (Wildman–Crippen MR) is 58.7 cm³/mol. The number of aromatic hydroxyl groups is 1. The van der Waals surface area contributed by atoms with Gasteiger partial charge in [0, 0.05) is 6.04 Å². The van der Waals surface area contributed by atoms with E-state index in [9.17, 15) is 10.2 Å². The highest BCUT2D eigenvalue weighted by molar-refractivity contribution is 5.32. The Labute approximate surface area is 89.8 Å². The van der Waals surface area contributed by atoms with Gasteiger partial charge in [0.2, 0.25) is 0 Å². The van der Waals surface area contributed by atoms with Crippen LogP contribution in [0.1, 0.15) is 25.3 Å². The van der Waals surface area contributed by atoms with Gasteiger partial charge >= 0.3 is 0 Å². The molecule has 1 saturated carbocycles. The molecule has 3 N–H and O–H groups in total. The van der Waals surface area contributed by atoms with E-state index in [2.05, 4.69) is 5.32 Å². The zero-order valence-corrected chi connectivity index (χ0v) is 8.90. The topological polar surface area (TPSA) is 52.5 Å². The molecule has 0 aliphatic heterocycles. The Morgan fingerprint density at radius 3 is 2.73 bits per heavy atom. The third-order valence-electron chi connectivity index (χ3n) is 2.90. The first-order valence-corrected chi connectivity index (χ1v) is 5.32. The van der Waals surface area contributed by atoms with Crippen LogP contribution >= 0.6 is 0 Å². The molecule has 1 aromatic rings. The summed E-state index contributed by atoms with van der Waals surface area (Å²) in [6.07, 6.45) is 2.35. The van der Waals surface area contributed by atoms with Crippen LogP contribution in [0.5, 0.6) is 5.75 Å². The molecule has 0 bridgehead atoms. The molecule has 0 radical (unpaired) electrons. The largest absolute Gasteiger partial charge is 0.508 e. The Bertz CT molecular complexity index is 349. The van der Waals surface area contributed by atoms with E-state index in [-0.39, 0.29) is 12.4 Å². The van der Waals surface area contributed by atoms with E-state index in [0.29, 0.717) is 6.04 Å². The third kappa shape index (κ3) is 2.30. The van der Waals surface area contributed by atoms with E-state index in [1.54, 1.807) is 18.2 Å². The quantitative estimate of drug-likeness (QED) is 0.698. The van der Waals surface area contributed by atoms with Gasteiger partial charge in [-0.05, 0) is 37.5 Å². The summed E-state index contributed by atoms with van der Waals surface area (Å²) in [5.41, 5.74) is 0.483. The number of aliphatic hydroxyl groups excluding tert-OH is 1. The first-order chi connectivity index (χ1) is 7.14. The minimum Gasteiger partial charge on any atom is -0.508 e. The summed E-state index contributed by atoms with van der Waals surface area (Å²) < 4.78 is 0. The van der Waals surface area contributed by atoms with Crippen molar-refractivity contribution in [1.82, 2.24) is 5.32 Å². The van der Waals surface area contributed by atoms with Crippen LogP contribution in [0.15, 0.2) is 24.3 Å². The van der Waals surface area contributed by atoms with Crippen molar-refractivity contribution in [2.45, 2.75) is 31.3 Å². The van der Waals surface area contributed by atoms with Gasteiger partial charge in [0.05, 0.1) is 12.1 Å². The zero-order valence-electron chi connectivity index (χ0n) is 8.90. The molecule has 2 rings (SSSR count). The summed E-state index contributed by atoms with van der Waals surface area (Å²) >= 11 is 0. The van der Waals surface area contributed by atoms with Crippen LogP contribution in [0, 0.1) is 0 Å². The molecular formula is C12H17NO2. The van der Waals surface area contributed by atoms with Crippen molar-refractivity contribution in [2.24, 2.45) is 0 Å². The number of phenols is 1. The molecule has 0 spiro atoms. The second-order valence-electron chi connectivity index (χ2n) is 4.46. The van der Waals surface area contributed by atoms with E-state index in [0.717, 1.165) is 5.56 Å². The molecule has 1 aliphatic carbocycles. The molecular weight excluding hydrogens is 190 g/mol. The van der Waals surface area contributed by atoms with Crippen molar-refractivity contribution in [3.63, 3.8) is 0 Å². The molecule has 1 aromatic carbocycles. The fourth-order valence-electron chi connectivity index (χ4n) is 1.75. The van der Waals surface area contributed by atoms with Crippen molar-refractivity contribution in [3.05, 3.63) is 29.8 Å².